The molecule has 132 valence electrons. The molecule has 0 aliphatic carbocycles. The number of phenolic OH excluding ortho intramolecular Hbond substituents is 1. The molecule has 25 heavy (non-hydrogen) atoms. The second-order valence-corrected chi connectivity index (χ2v) is 5.20. The van der Waals surface area contributed by atoms with Crippen LogP contribution in [-0.4, -0.2) is 42.6 Å². The molecule has 1 N–H and O–H groups in total. The van der Waals surface area contributed by atoms with E-state index in [0.717, 1.165) is 0 Å². The summed E-state index contributed by atoms with van der Waals surface area (Å²) < 4.78 is 15.1. The predicted octanol–water partition coefficient (Wildman–Crippen LogP) is 2.21. The Morgan fingerprint density at radius 3 is 2.80 bits per heavy atom. The molecule has 1 aromatic heterocycles. The van der Waals surface area contributed by atoms with Gasteiger partial charge in [0.1, 0.15) is 5.76 Å². The third-order valence-corrected chi connectivity index (χ3v) is 3.35. The first-order valence-corrected chi connectivity index (χ1v) is 7.48. The minimum atomic E-state index is -0.646. The van der Waals surface area contributed by atoms with Crippen LogP contribution in [0.2, 0.25) is 0 Å². The predicted molar refractivity (Wildman–Crippen MR) is 89.8 cm³/mol. The maximum Gasteiger partial charge on any atom is 0.331 e. The van der Waals surface area contributed by atoms with E-state index in [-0.39, 0.29) is 18.3 Å². The van der Waals surface area contributed by atoms with Crippen LogP contribution in [0.3, 0.4) is 0 Å². The van der Waals surface area contributed by atoms with E-state index in [0.29, 0.717) is 23.6 Å². The SMILES string of the molecule is COc1cc(/C=C/C(=O)OCC(=O)N(C)Cc2ccco2)ccc1O. The highest BCUT2D eigenvalue weighted by molar-refractivity contribution is 5.89. The van der Waals surface area contributed by atoms with E-state index < -0.39 is 5.97 Å². The summed E-state index contributed by atoms with van der Waals surface area (Å²) in [7, 11) is 3.03. The van der Waals surface area contributed by atoms with Gasteiger partial charge in [-0.3, -0.25) is 4.79 Å². The summed E-state index contributed by atoms with van der Waals surface area (Å²) in [5, 5.41) is 9.51. The molecule has 0 fully saturated rings. The van der Waals surface area contributed by atoms with Crippen LogP contribution in [0.25, 0.3) is 6.08 Å². The standard InChI is InChI=1S/C18H19NO6/c1-19(11-14-4-3-9-24-14)17(21)12-25-18(22)8-6-13-5-7-15(20)16(10-13)23-2/h3-10,20H,11-12H2,1-2H3/b8-6+. The lowest BCUT2D eigenvalue weighted by atomic mass is 10.2. The Balaban J connectivity index is 1.82. The van der Waals surface area contributed by atoms with Gasteiger partial charge in [0.2, 0.25) is 0 Å². The molecule has 7 nitrogen and oxygen atoms in total. The fraction of sp³-hybridized carbons (Fsp3) is 0.222. The first-order chi connectivity index (χ1) is 12.0. The second kappa shape index (κ2) is 8.58. The average molecular weight is 345 g/mol. The van der Waals surface area contributed by atoms with Crippen LogP contribution in [0, 0.1) is 0 Å². The van der Waals surface area contributed by atoms with Crippen LogP contribution in [0.5, 0.6) is 11.5 Å². The van der Waals surface area contributed by atoms with Crippen LogP contribution in [-0.2, 0) is 20.9 Å². The number of rotatable bonds is 7. The summed E-state index contributed by atoms with van der Waals surface area (Å²) in [6.45, 7) is -0.0637. The topological polar surface area (TPSA) is 89.2 Å². The zero-order chi connectivity index (χ0) is 18.2. The Labute approximate surface area is 145 Å². The van der Waals surface area contributed by atoms with Gasteiger partial charge in [0.05, 0.1) is 19.9 Å². The molecule has 0 aliphatic rings. The zero-order valence-electron chi connectivity index (χ0n) is 14.0. The Kier molecular flexibility index (Phi) is 6.22. The number of carbonyl (C=O) groups excluding carboxylic acids is 2. The summed E-state index contributed by atoms with van der Waals surface area (Å²) in [6.07, 6.45) is 4.23. The van der Waals surface area contributed by atoms with Crippen LogP contribution in [0.4, 0.5) is 0 Å². The van der Waals surface area contributed by atoms with Gasteiger partial charge in [-0.05, 0) is 35.9 Å². The second-order valence-electron chi connectivity index (χ2n) is 5.20. The summed E-state index contributed by atoms with van der Waals surface area (Å²) in [4.78, 5) is 25.0. The van der Waals surface area contributed by atoms with Crippen molar-refractivity contribution in [3.05, 3.63) is 54.0 Å². The zero-order valence-corrected chi connectivity index (χ0v) is 14.0. The number of furan rings is 1. The van der Waals surface area contributed by atoms with Crippen LogP contribution in [0.1, 0.15) is 11.3 Å². The molecular weight excluding hydrogens is 326 g/mol. The van der Waals surface area contributed by atoms with E-state index in [1.54, 1.807) is 31.3 Å². The summed E-state index contributed by atoms with van der Waals surface area (Å²) in [6, 6.07) is 8.13. The highest BCUT2D eigenvalue weighted by Gasteiger charge is 2.12. The van der Waals surface area contributed by atoms with Crippen molar-refractivity contribution in [2.75, 3.05) is 20.8 Å². The van der Waals surface area contributed by atoms with Gasteiger partial charge < -0.3 is 23.9 Å². The first kappa shape index (κ1) is 18.1. The fourth-order valence-electron chi connectivity index (χ4n) is 1.98. The molecule has 2 aromatic rings. The highest BCUT2D eigenvalue weighted by Crippen LogP contribution is 2.26. The van der Waals surface area contributed by atoms with Gasteiger partial charge in [0.25, 0.3) is 5.91 Å². The molecule has 0 saturated heterocycles. The minimum Gasteiger partial charge on any atom is -0.504 e. The van der Waals surface area contributed by atoms with Crippen molar-refractivity contribution < 1.29 is 28.6 Å². The number of carbonyl (C=O) groups is 2. The molecule has 0 unspecified atom stereocenters. The summed E-state index contributed by atoms with van der Waals surface area (Å²) >= 11 is 0. The molecule has 2 rings (SSSR count). The summed E-state index contributed by atoms with van der Waals surface area (Å²) in [5.41, 5.74) is 0.646. The lowest BCUT2D eigenvalue weighted by Gasteiger charge is -2.15. The fourth-order valence-corrected chi connectivity index (χ4v) is 1.98. The highest BCUT2D eigenvalue weighted by atomic mass is 16.5. The number of likely N-dealkylation sites (N-methyl/N-ethyl adjacent to an activating group) is 1. The Morgan fingerprint density at radius 1 is 1.32 bits per heavy atom. The third kappa shape index (κ3) is 5.42. The number of amides is 1. The number of methoxy groups -OCH3 is 1. The van der Waals surface area contributed by atoms with Crippen molar-refractivity contribution in [1.29, 1.82) is 0 Å². The maximum atomic E-state index is 11.9. The van der Waals surface area contributed by atoms with Gasteiger partial charge in [0, 0.05) is 13.1 Å². The number of aromatic hydroxyl groups is 1. The van der Waals surface area contributed by atoms with E-state index in [1.165, 1.54) is 36.5 Å². The molecule has 1 amide bonds. The number of nitrogens with zero attached hydrogens (tertiary/aromatic N) is 1. The van der Waals surface area contributed by atoms with Crippen molar-refractivity contribution in [2.45, 2.75) is 6.54 Å². The number of phenols is 1. The van der Waals surface area contributed by atoms with E-state index in [2.05, 4.69) is 0 Å². The first-order valence-electron chi connectivity index (χ1n) is 7.48. The number of benzene rings is 1. The molecule has 0 saturated carbocycles. The van der Waals surface area contributed by atoms with E-state index in [4.69, 9.17) is 13.9 Å². The molecule has 0 radical (unpaired) electrons. The molecule has 0 aliphatic heterocycles. The number of ether oxygens (including phenoxy) is 2. The van der Waals surface area contributed by atoms with Crippen molar-refractivity contribution in [1.82, 2.24) is 4.90 Å². The van der Waals surface area contributed by atoms with Gasteiger partial charge in [-0.25, -0.2) is 4.79 Å². The number of hydrogen-bond acceptors (Lipinski definition) is 6. The van der Waals surface area contributed by atoms with Gasteiger partial charge in [-0.2, -0.15) is 0 Å². The van der Waals surface area contributed by atoms with Crippen molar-refractivity contribution in [3.63, 3.8) is 0 Å². The maximum absolute atomic E-state index is 11.9. The lowest BCUT2D eigenvalue weighted by molar-refractivity contribution is -0.147. The minimum absolute atomic E-state index is 0.00687. The Bertz CT molecular complexity index is 751. The number of hydrogen-bond donors (Lipinski definition) is 1. The Hall–Kier alpha value is -3.22. The van der Waals surface area contributed by atoms with Crippen molar-refractivity contribution in [3.8, 4) is 11.5 Å². The molecule has 0 spiro atoms. The van der Waals surface area contributed by atoms with E-state index in [9.17, 15) is 14.7 Å². The molecule has 0 bridgehead atoms. The smallest absolute Gasteiger partial charge is 0.331 e. The molecule has 7 heteroatoms. The Morgan fingerprint density at radius 2 is 2.12 bits per heavy atom. The van der Waals surface area contributed by atoms with Crippen molar-refractivity contribution in [2.24, 2.45) is 0 Å². The normalized spacial score (nSPS) is 10.6. The quantitative estimate of drug-likeness (QED) is 0.611. The van der Waals surface area contributed by atoms with Gasteiger partial charge in [0.15, 0.2) is 18.1 Å². The van der Waals surface area contributed by atoms with Gasteiger partial charge in [-0.1, -0.05) is 6.07 Å². The molecular formula is C18H19NO6. The molecule has 0 atom stereocenters. The number of esters is 1. The van der Waals surface area contributed by atoms with Gasteiger partial charge >= 0.3 is 5.97 Å². The summed E-state index contributed by atoms with van der Waals surface area (Å²) in [5.74, 6) is -0.0442. The largest absolute Gasteiger partial charge is 0.504 e. The molecule has 1 heterocycles. The van der Waals surface area contributed by atoms with Crippen molar-refractivity contribution >= 4 is 18.0 Å². The van der Waals surface area contributed by atoms with Crippen LogP contribution < -0.4 is 4.74 Å². The monoisotopic (exact) mass is 345 g/mol. The van der Waals surface area contributed by atoms with E-state index >= 15 is 0 Å². The lowest BCUT2D eigenvalue weighted by Crippen LogP contribution is -2.30. The molecule has 1 aromatic carbocycles. The van der Waals surface area contributed by atoms with Gasteiger partial charge in [-0.15, -0.1) is 0 Å². The van der Waals surface area contributed by atoms with E-state index in [1.807, 2.05) is 0 Å². The third-order valence-electron chi connectivity index (χ3n) is 3.35. The van der Waals surface area contributed by atoms with Crippen LogP contribution in [0.15, 0.2) is 47.1 Å². The average Bonchev–Trinajstić information content (AvgIpc) is 3.11. The van der Waals surface area contributed by atoms with Crippen LogP contribution >= 0.6 is 0 Å².